The van der Waals surface area contributed by atoms with Gasteiger partial charge in [-0.15, -0.1) is 0 Å². The topological polar surface area (TPSA) is 111 Å². The van der Waals surface area contributed by atoms with Gasteiger partial charge in [0.1, 0.15) is 35.3 Å². The fourth-order valence-electron chi connectivity index (χ4n) is 3.05. The molecule has 0 saturated carbocycles. The first-order valence-corrected chi connectivity index (χ1v) is 10.4. The van der Waals surface area contributed by atoms with E-state index < -0.39 is 31.0 Å². The van der Waals surface area contributed by atoms with Crippen molar-refractivity contribution in [2.75, 3.05) is 20.4 Å². The summed E-state index contributed by atoms with van der Waals surface area (Å²) >= 11 is 0. The van der Waals surface area contributed by atoms with Gasteiger partial charge in [-0.2, -0.15) is 0 Å². The molecule has 180 valence electrons. The highest BCUT2D eigenvalue weighted by molar-refractivity contribution is 5.68. The Morgan fingerprint density at radius 3 is 2.71 bits per heavy atom. The summed E-state index contributed by atoms with van der Waals surface area (Å²) in [6, 6.07) is 10.6. The number of aliphatic hydroxyl groups excluding tert-OH is 1. The van der Waals surface area contributed by atoms with Crippen LogP contribution >= 0.6 is 0 Å². The number of carbonyl (C=O) groups is 1. The van der Waals surface area contributed by atoms with Gasteiger partial charge in [-0.25, -0.2) is 14.4 Å². The number of rotatable bonds is 12. The molecule has 0 aliphatic carbocycles. The highest BCUT2D eigenvalue weighted by Crippen LogP contribution is 2.32. The first kappa shape index (κ1) is 24.8. The molecule has 8 nitrogen and oxygen atoms in total. The van der Waals surface area contributed by atoms with Crippen molar-refractivity contribution in [1.29, 1.82) is 0 Å². The van der Waals surface area contributed by atoms with Crippen molar-refractivity contribution in [1.82, 2.24) is 9.97 Å². The molecule has 0 aliphatic rings. The van der Waals surface area contributed by atoms with Crippen molar-refractivity contribution in [3.8, 4) is 28.6 Å². The van der Waals surface area contributed by atoms with Crippen LogP contribution in [0.1, 0.15) is 30.2 Å². The summed E-state index contributed by atoms with van der Waals surface area (Å²) in [6.07, 6.45) is -0.0715. The number of methoxy groups -OCH3 is 1. The lowest BCUT2D eigenvalue weighted by molar-refractivity contribution is -0.139. The molecule has 2 aromatic carbocycles. The second-order valence-electron chi connectivity index (χ2n) is 7.23. The molecule has 1 heterocycles. The number of carboxylic acids is 1. The molecule has 3 rings (SSSR count). The van der Waals surface area contributed by atoms with Crippen LogP contribution in [0.5, 0.6) is 17.4 Å². The minimum absolute atomic E-state index is 0.0207. The van der Waals surface area contributed by atoms with Crippen LogP contribution in [-0.2, 0) is 11.4 Å². The molecule has 2 N–H and O–H groups in total. The van der Waals surface area contributed by atoms with E-state index in [0.717, 1.165) is 0 Å². The molecule has 0 radical (unpaired) electrons. The average Bonchev–Trinajstić information content (AvgIpc) is 2.83. The Hall–Kier alpha value is -3.79. The molecule has 0 aliphatic heterocycles. The maximum absolute atomic E-state index is 14.5. The molecular formula is C24H24F2N2O6. The van der Waals surface area contributed by atoms with Crippen LogP contribution in [-0.4, -0.2) is 46.5 Å². The van der Waals surface area contributed by atoms with Crippen molar-refractivity contribution in [3.63, 3.8) is 0 Å². The lowest BCUT2D eigenvalue weighted by Crippen LogP contribution is -2.08. The maximum atomic E-state index is 14.5. The van der Waals surface area contributed by atoms with Crippen LogP contribution in [0.4, 0.5) is 8.78 Å². The minimum atomic E-state index is -1.17. The number of benzene rings is 2. The fraction of sp³-hybridized carbons (Fsp3) is 0.292. The molecule has 0 fully saturated rings. The predicted octanol–water partition coefficient (Wildman–Crippen LogP) is 4.12. The Kier molecular flexibility index (Phi) is 8.69. The number of aliphatic hydroxyl groups is 1. The van der Waals surface area contributed by atoms with E-state index in [9.17, 15) is 18.7 Å². The summed E-state index contributed by atoms with van der Waals surface area (Å²) < 4.78 is 43.5. The van der Waals surface area contributed by atoms with Gasteiger partial charge in [-0.3, -0.25) is 9.18 Å². The van der Waals surface area contributed by atoms with Crippen molar-refractivity contribution in [3.05, 3.63) is 65.7 Å². The molecule has 0 saturated heterocycles. The SMILES string of the molecule is COc1ccc(F)c(-c2ncc(COc3cccc([C@H](O)CC(=O)O)c3)nc2OCCCF)c1. The van der Waals surface area contributed by atoms with E-state index in [4.69, 9.17) is 19.3 Å². The van der Waals surface area contributed by atoms with Crippen molar-refractivity contribution in [2.45, 2.75) is 25.6 Å². The van der Waals surface area contributed by atoms with Gasteiger partial charge in [0.05, 0.1) is 39.1 Å². The number of hydrogen-bond acceptors (Lipinski definition) is 7. The second kappa shape index (κ2) is 11.9. The Labute approximate surface area is 194 Å². The average molecular weight is 474 g/mol. The first-order valence-electron chi connectivity index (χ1n) is 10.4. The first-order chi connectivity index (χ1) is 16.4. The highest BCUT2D eigenvalue weighted by atomic mass is 19.1. The molecule has 1 aromatic heterocycles. The van der Waals surface area contributed by atoms with Gasteiger partial charge in [0.25, 0.3) is 0 Å². The number of aromatic nitrogens is 2. The van der Waals surface area contributed by atoms with Crippen LogP contribution < -0.4 is 14.2 Å². The third-order valence-electron chi connectivity index (χ3n) is 4.73. The zero-order valence-corrected chi connectivity index (χ0v) is 18.4. The summed E-state index contributed by atoms with van der Waals surface area (Å²) in [6.45, 7) is -0.591. The van der Waals surface area contributed by atoms with Crippen molar-refractivity contribution >= 4 is 5.97 Å². The number of ether oxygens (including phenoxy) is 3. The van der Waals surface area contributed by atoms with Crippen LogP contribution in [0.2, 0.25) is 0 Å². The molecule has 1 atom stereocenters. The van der Waals surface area contributed by atoms with Gasteiger partial charge in [0.2, 0.25) is 5.88 Å². The highest BCUT2D eigenvalue weighted by Gasteiger charge is 2.17. The van der Waals surface area contributed by atoms with Gasteiger partial charge in [0.15, 0.2) is 0 Å². The Bertz CT molecular complexity index is 1130. The third kappa shape index (κ3) is 6.61. The van der Waals surface area contributed by atoms with Gasteiger partial charge >= 0.3 is 5.97 Å². The van der Waals surface area contributed by atoms with E-state index >= 15 is 0 Å². The Balaban J connectivity index is 1.82. The van der Waals surface area contributed by atoms with Gasteiger partial charge < -0.3 is 24.4 Å². The van der Waals surface area contributed by atoms with Crippen LogP contribution in [0.3, 0.4) is 0 Å². The summed E-state index contributed by atoms with van der Waals surface area (Å²) in [5.41, 5.74) is 1.01. The van der Waals surface area contributed by atoms with E-state index in [0.29, 0.717) is 22.8 Å². The number of nitrogens with zero attached hydrogens (tertiary/aromatic N) is 2. The largest absolute Gasteiger partial charge is 0.497 e. The van der Waals surface area contributed by atoms with E-state index in [2.05, 4.69) is 9.97 Å². The zero-order chi connectivity index (χ0) is 24.5. The molecule has 34 heavy (non-hydrogen) atoms. The Morgan fingerprint density at radius 2 is 1.97 bits per heavy atom. The number of carboxylic acid groups (broad SMARTS) is 1. The van der Waals surface area contributed by atoms with Crippen molar-refractivity contribution in [2.24, 2.45) is 0 Å². The van der Waals surface area contributed by atoms with Crippen molar-refractivity contribution < 1.29 is 38.0 Å². The number of aliphatic carboxylic acids is 1. The lowest BCUT2D eigenvalue weighted by atomic mass is 10.1. The maximum Gasteiger partial charge on any atom is 0.306 e. The predicted molar refractivity (Wildman–Crippen MR) is 118 cm³/mol. The summed E-state index contributed by atoms with van der Waals surface area (Å²) in [7, 11) is 1.46. The smallest absolute Gasteiger partial charge is 0.306 e. The van der Waals surface area contributed by atoms with Gasteiger partial charge in [-0.1, -0.05) is 12.1 Å². The van der Waals surface area contributed by atoms with E-state index in [1.807, 2.05) is 0 Å². The molecule has 3 aromatic rings. The van der Waals surface area contributed by atoms with Crippen LogP contribution in [0, 0.1) is 5.82 Å². The number of halogens is 2. The number of hydrogen-bond donors (Lipinski definition) is 2. The third-order valence-corrected chi connectivity index (χ3v) is 4.73. The molecule has 0 amide bonds. The van der Waals surface area contributed by atoms with E-state index in [-0.39, 0.29) is 36.8 Å². The number of alkyl halides is 1. The second-order valence-corrected chi connectivity index (χ2v) is 7.23. The van der Waals surface area contributed by atoms with E-state index in [1.54, 1.807) is 18.2 Å². The zero-order valence-electron chi connectivity index (χ0n) is 18.4. The van der Waals surface area contributed by atoms with Gasteiger partial charge in [-0.05, 0) is 35.9 Å². The molecule has 0 unspecified atom stereocenters. The normalized spacial score (nSPS) is 11.6. The summed E-state index contributed by atoms with van der Waals surface area (Å²) in [5.74, 6) is -0.850. The van der Waals surface area contributed by atoms with E-state index in [1.165, 1.54) is 37.6 Å². The monoisotopic (exact) mass is 474 g/mol. The lowest BCUT2D eigenvalue weighted by Gasteiger charge is -2.14. The standard InChI is InChI=1S/C24H24F2N2O6/c1-32-17-6-7-20(26)19(11-17)23-24(33-9-3-8-25)28-16(13-27-23)14-34-18-5-2-4-15(10-18)21(29)12-22(30)31/h2,4-7,10-11,13,21,29H,3,8-9,12,14H2,1H3,(H,30,31)/t21-/m1/s1. The quantitative estimate of drug-likeness (QED) is 0.377. The van der Waals surface area contributed by atoms with Gasteiger partial charge in [0, 0.05) is 12.0 Å². The Morgan fingerprint density at radius 1 is 1.15 bits per heavy atom. The molecular weight excluding hydrogens is 450 g/mol. The minimum Gasteiger partial charge on any atom is -0.497 e. The van der Waals surface area contributed by atoms with Crippen LogP contribution in [0.25, 0.3) is 11.3 Å². The van der Waals surface area contributed by atoms with Crippen LogP contribution in [0.15, 0.2) is 48.7 Å². The summed E-state index contributed by atoms with van der Waals surface area (Å²) in [4.78, 5) is 19.5. The fourth-order valence-corrected chi connectivity index (χ4v) is 3.05. The molecule has 0 spiro atoms. The molecule has 10 heteroatoms. The summed E-state index contributed by atoms with van der Waals surface area (Å²) in [5, 5.41) is 18.8. The molecule has 0 bridgehead atoms.